The molecule has 30 valence electrons. The van der Waals surface area contributed by atoms with Crippen molar-refractivity contribution in [2.75, 3.05) is 7.05 Å². The van der Waals surface area contributed by atoms with Gasteiger partial charge in [-0.05, 0) is 0 Å². The Kier molecular flexibility index (Phi) is 1.27. The summed E-state index contributed by atoms with van der Waals surface area (Å²) in [7, 11) is 1.08. The van der Waals surface area contributed by atoms with Gasteiger partial charge in [-0.3, -0.25) is 0 Å². The molecule has 0 saturated carbocycles. The third-order valence-electron chi connectivity index (χ3n) is 0.126. The summed E-state index contributed by atoms with van der Waals surface area (Å²) in [6.45, 7) is 0. The molecule has 0 radical (unpaired) electrons. The van der Waals surface area contributed by atoms with Crippen molar-refractivity contribution in [1.29, 1.82) is 0 Å². The minimum absolute atomic E-state index is 0.0556. The number of hydrogen-bond acceptors (Lipinski definition) is 2. The van der Waals surface area contributed by atoms with Crippen molar-refractivity contribution in [3.05, 3.63) is 5.21 Å². The summed E-state index contributed by atoms with van der Waals surface area (Å²) >= 11 is 0. The van der Waals surface area contributed by atoms with Crippen molar-refractivity contribution < 1.29 is 10.1 Å². The van der Waals surface area contributed by atoms with E-state index in [2.05, 4.69) is 5.28 Å². The van der Waals surface area contributed by atoms with E-state index in [1.165, 1.54) is 0 Å². The average Bonchev–Trinajstić information content (AvgIpc) is 1.38. The van der Waals surface area contributed by atoms with Crippen LogP contribution in [0.3, 0.4) is 0 Å². The molecule has 0 amide bonds. The van der Waals surface area contributed by atoms with Crippen molar-refractivity contribution in [1.82, 2.24) is 0 Å². The van der Waals surface area contributed by atoms with Crippen LogP contribution in [-0.2, 0) is 0 Å². The van der Waals surface area contributed by atoms with E-state index in [1.807, 2.05) is 0 Å². The summed E-state index contributed by atoms with van der Waals surface area (Å²) in [6, 6.07) is 0. The first-order chi connectivity index (χ1) is 2.27. The Morgan fingerprint density at radius 1 is 2.00 bits per heavy atom. The Morgan fingerprint density at radius 3 is 2.20 bits per heavy atom. The molecule has 4 nitrogen and oxygen atoms in total. The molecule has 1 N–H and O–H groups in total. The molecule has 0 aliphatic rings. The number of hydrogen-bond donors (Lipinski definition) is 1. The van der Waals surface area contributed by atoms with Gasteiger partial charge in [-0.25, -0.2) is 0 Å². The average molecular weight is 76.1 g/mol. The second-order valence-electron chi connectivity index (χ2n) is 0.554. The molecule has 0 aromatic rings. The molecule has 0 fully saturated rings. The summed E-state index contributed by atoms with van der Waals surface area (Å²) in [4.78, 5) is 0.0556. The van der Waals surface area contributed by atoms with E-state index in [0.717, 1.165) is 7.05 Å². The molecule has 0 aliphatic carbocycles. The van der Waals surface area contributed by atoms with Gasteiger partial charge < -0.3 is 10.4 Å². The lowest BCUT2D eigenvalue weighted by atomic mass is 11.5. The minimum atomic E-state index is 0.0556. The quantitative estimate of drug-likeness (QED) is 0.250. The minimum Gasteiger partial charge on any atom is -0.598 e. The molecule has 5 heavy (non-hydrogen) atoms. The van der Waals surface area contributed by atoms with Crippen LogP contribution in [0.4, 0.5) is 0 Å². The van der Waals surface area contributed by atoms with Crippen LogP contribution >= 0.6 is 0 Å². The number of hydroxylamine groups is 1. The number of rotatable bonds is 0. The van der Waals surface area contributed by atoms with Crippen LogP contribution in [0.2, 0.25) is 0 Å². The summed E-state index contributed by atoms with van der Waals surface area (Å²) in [5.74, 6) is 0. The van der Waals surface area contributed by atoms with Gasteiger partial charge in [0.1, 0.15) is 0 Å². The molecule has 0 heterocycles. The van der Waals surface area contributed by atoms with Crippen LogP contribution in [0.5, 0.6) is 0 Å². The highest BCUT2D eigenvalue weighted by Gasteiger charge is 1.62. The fourth-order valence-corrected chi connectivity index (χ4v) is 0. The van der Waals surface area contributed by atoms with E-state index in [4.69, 9.17) is 5.21 Å². The highest BCUT2D eigenvalue weighted by molar-refractivity contribution is 3.83. The Labute approximate surface area is 28.9 Å². The molecule has 0 unspecified atom stereocenters. The van der Waals surface area contributed by atoms with E-state index >= 15 is 0 Å². The summed E-state index contributed by atoms with van der Waals surface area (Å²) < 4.78 is 0. The molecule has 0 spiro atoms. The van der Waals surface area contributed by atoms with Crippen LogP contribution in [0.15, 0.2) is 5.28 Å². The first kappa shape index (κ1) is 4.20. The second kappa shape index (κ2) is 1.51. The molecule has 0 bridgehead atoms. The SMILES string of the molecule is C/[N+]([O-])=N/O. The molecule has 0 saturated heterocycles. The summed E-state index contributed by atoms with van der Waals surface area (Å²) in [5, 5.41) is 18.9. The van der Waals surface area contributed by atoms with Crippen molar-refractivity contribution in [2.24, 2.45) is 5.28 Å². The summed E-state index contributed by atoms with van der Waals surface area (Å²) in [5.41, 5.74) is 0. The molecule has 4 heteroatoms. The fourth-order valence-electron chi connectivity index (χ4n) is 0. The van der Waals surface area contributed by atoms with Gasteiger partial charge in [-0.15, -0.1) is 0 Å². The van der Waals surface area contributed by atoms with Crippen LogP contribution in [0, 0.1) is 5.21 Å². The van der Waals surface area contributed by atoms with Gasteiger partial charge in [0.2, 0.25) is 0 Å². The lowest BCUT2D eigenvalue weighted by Gasteiger charge is -1.79. The van der Waals surface area contributed by atoms with E-state index < -0.39 is 0 Å². The van der Waals surface area contributed by atoms with Crippen LogP contribution < -0.4 is 0 Å². The van der Waals surface area contributed by atoms with Crippen molar-refractivity contribution in [3.8, 4) is 0 Å². The van der Waals surface area contributed by atoms with Gasteiger partial charge in [0.15, 0.2) is 12.3 Å². The Morgan fingerprint density at radius 2 is 2.20 bits per heavy atom. The van der Waals surface area contributed by atoms with E-state index in [9.17, 15) is 5.21 Å². The smallest absolute Gasteiger partial charge is 0.197 e. The van der Waals surface area contributed by atoms with Gasteiger partial charge in [-0.1, -0.05) is 4.86 Å². The lowest BCUT2D eigenvalue weighted by molar-refractivity contribution is -0.526. The maximum Gasteiger partial charge on any atom is 0.197 e. The van der Waals surface area contributed by atoms with Gasteiger partial charge >= 0.3 is 0 Å². The first-order valence-electron chi connectivity index (χ1n) is 1.03. The molecule has 0 aromatic carbocycles. The van der Waals surface area contributed by atoms with Crippen LogP contribution in [0.25, 0.3) is 0 Å². The van der Waals surface area contributed by atoms with Crippen LogP contribution in [0.1, 0.15) is 0 Å². The fraction of sp³-hybridized carbons (Fsp3) is 1.00. The molecule has 0 aromatic heterocycles. The lowest BCUT2D eigenvalue weighted by Crippen LogP contribution is -1.84. The standard InChI is InChI=1S/CH4N2O2/c1-3(5)2-4/h4H,1H3/b3-2-. The third-order valence-corrected chi connectivity index (χ3v) is 0.126. The highest BCUT2D eigenvalue weighted by Crippen LogP contribution is 1.53. The first-order valence-corrected chi connectivity index (χ1v) is 1.03. The molecular weight excluding hydrogens is 72.0 g/mol. The summed E-state index contributed by atoms with van der Waals surface area (Å²) in [6.07, 6.45) is 0. The van der Waals surface area contributed by atoms with Crippen molar-refractivity contribution in [3.63, 3.8) is 0 Å². The van der Waals surface area contributed by atoms with Gasteiger partial charge in [0, 0.05) is 0 Å². The second-order valence-corrected chi connectivity index (χ2v) is 0.554. The Balaban J connectivity index is 3.14. The zero-order valence-electron chi connectivity index (χ0n) is 2.75. The number of nitrogens with zero attached hydrogens (tertiary/aromatic N) is 2. The van der Waals surface area contributed by atoms with E-state index in [-0.39, 0.29) is 4.86 Å². The van der Waals surface area contributed by atoms with Gasteiger partial charge in [0.25, 0.3) is 0 Å². The monoisotopic (exact) mass is 76.0 g/mol. The maximum atomic E-state index is 9.31. The zero-order chi connectivity index (χ0) is 4.28. The maximum absolute atomic E-state index is 9.31. The normalized spacial score (nSPS) is 11.8. The van der Waals surface area contributed by atoms with Gasteiger partial charge in [0.05, 0.1) is 0 Å². The molecular formula is CH4N2O2. The van der Waals surface area contributed by atoms with E-state index in [1.54, 1.807) is 0 Å². The van der Waals surface area contributed by atoms with Crippen LogP contribution in [-0.4, -0.2) is 17.1 Å². The molecule has 0 aliphatic heterocycles. The third kappa shape index (κ3) is 3.20. The van der Waals surface area contributed by atoms with E-state index in [0.29, 0.717) is 0 Å². The Hall–Kier alpha value is -0.800. The van der Waals surface area contributed by atoms with Crippen molar-refractivity contribution >= 4 is 0 Å². The predicted octanol–water partition coefficient (Wildman–Crippen LogP) is -0.0321. The van der Waals surface area contributed by atoms with Gasteiger partial charge in [-0.2, -0.15) is 0 Å². The molecule has 0 atom stereocenters. The highest BCUT2D eigenvalue weighted by atomic mass is 16.6. The largest absolute Gasteiger partial charge is 0.598 e. The zero-order valence-corrected chi connectivity index (χ0v) is 2.75. The molecule has 0 rings (SSSR count). The predicted molar refractivity (Wildman–Crippen MR) is 13.8 cm³/mol. The van der Waals surface area contributed by atoms with Crippen molar-refractivity contribution in [2.45, 2.75) is 0 Å². The topological polar surface area (TPSA) is 58.7 Å². The Bertz CT molecular complexity index is 45.6.